The lowest BCUT2D eigenvalue weighted by Crippen LogP contribution is -2.52. The van der Waals surface area contributed by atoms with Crippen LogP contribution in [-0.2, 0) is 11.2 Å². The molecule has 1 aliphatic carbocycles. The van der Waals surface area contributed by atoms with E-state index in [0.29, 0.717) is 17.7 Å². The molecule has 90 valence electrons. The molecule has 17 heavy (non-hydrogen) atoms. The van der Waals surface area contributed by atoms with Gasteiger partial charge in [0.1, 0.15) is 5.78 Å². The zero-order valence-corrected chi connectivity index (χ0v) is 10.1. The Labute approximate surface area is 103 Å². The number of piperidine rings is 2. The van der Waals surface area contributed by atoms with Gasteiger partial charge in [-0.05, 0) is 24.8 Å². The third kappa shape index (κ3) is 2.27. The maximum absolute atomic E-state index is 11.6. The van der Waals surface area contributed by atoms with Crippen molar-refractivity contribution < 1.29 is 4.79 Å². The van der Waals surface area contributed by atoms with Crippen LogP contribution in [0.2, 0.25) is 0 Å². The second-order valence-electron chi connectivity index (χ2n) is 5.33. The van der Waals surface area contributed by atoms with E-state index in [4.69, 9.17) is 0 Å². The summed E-state index contributed by atoms with van der Waals surface area (Å²) in [4.78, 5) is 14.2. The topological polar surface area (TPSA) is 20.3 Å². The molecule has 0 spiro atoms. The van der Waals surface area contributed by atoms with E-state index in [1.54, 1.807) is 0 Å². The van der Waals surface area contributed by atoms with Crippen molar-refractivity contribution in [2.75, 3.05) is 13.1 Å². The van der Waals surface area contributed by atoms with Crippen molar-refractivity contribution >= 4 is 5.78 Å². The largest absolute Gasteiger partial charge is 0.299 e. The molecule has 2 heterocycles. The molecule has 2 nitrogen and oxygen atoms in total. The van der Waals surface area contributed by atoms with Crippen LogP contribution in [0.4, 0.5) is 0 Å². The van der Waals surface area contributed by atoms with Gasteiger partial charge in [0.15, 0.2) is 0 Å². The Kier molecular flexibility index (Phi) is 2.98. The van der Waals surface area contributed by atoms with Crippen LogP contribution < -0.4 is 0 Å². The van der Waals surface area contributed by atoms with E-state index in [-0.39, 0.29) is 0 Å². The summed E-state index contributed by atoms with van der Waals surface area (Å²) in [6, 6.07) is 11.2. The van der Waals surface area contributed by atoms with Gasteiger partial charge in [0, 0.05) is 31.5 Å². The predicted octanol–water partition coefficient (Wildman–Crippen LogP) is 2.28. The van der Waals surface area contributed by atoms with Gasteiger partial charge < -0.3 is 0 Å². The maximum Gasteiger partial charge on any atom is 0.138 e. The number of Topliss-reactive ketones (excluding diaryl/α,β-unsaturated/α-hetero) is 1. The predicted molar refractivity (Wildman–Crippen MR) is 67.9 cm³/mol. The first kappa shape index (κ1) is 11.0. The summed E-state index contributed by atoms with van der Waals surface area (Å²) in [5.41, 5.74) is 1.40. The Balaban J connectivity index is 1.58. The number of fused-ring (bicyclic) bond motifs is 3. The molecule has 4 rings (SSSR count). The minimum Gasteiger partial charge on any atom is -0.299 e. The first-order valence-corrected chi connectivity index (χ1v) is 6.63. The van der Waals surface area contributed by atoms with Crippen molar-refractivity contribution in [2.24, 2.45) is 5.92 Å². The number of carbonyl (C=O) groups excluding carboxylic acids is 1. The highest BCUT2D eigenvalue weighted by Gasteiger charge is 2.38. The minimum absolute atomic E-state index is 0.343. The molecule has 2 atom stereocenters. The van der Waals surface area contributed by atoms with Crippen molar-refractivity contribution in [2.45, 2.75) is 31.7 Å². The highest BCUT2D eigenvalue weighted by atomic mass is 16.1. The molecule has 3 fully saturated rings. The SMILES string of the molecule is O=C1CC2CCC1CN2CCc1ccccc1. The quantitative estimate of drug-likeness (QED) is 0.792. The molecule has 1 aromatic carbocycles. The Hall–Kier alpha value is -1.15. The fourth-order valence-corrected chi connectivity index (χ4v) is 3.18. The van der Waals surface area contributed by atoms with Crippen molar-refractivity contribution in [1.82, 2.24) is 4.90 Å². The monoisotopic (exact) mass is 229 g/mol. The van der Waals surface area contributed by atoms with E-state index < -0.39 is 0 Å². The van der Waals surface area contributed by atoms with Gasteiger partial charge in [0.05, 0.1) is 0 Å². The van der Waals surface area contributed by atoms with E-state index in [0.717, 1.165) is 32.4 Å². The fraction of sp³-hybridized carbons (Fsp3) is 0.533. The van der Waals surface area contributed by atoms with Gasteiger partial charge in [-0.2, -0.15) is 0 Å². The first-order valence-electron chi connectivity index (χ1n) is 6.63. The zero-order chi connectivity index (χ0) is 11.7. The summed E-state index contributed by atoms with van der Waals surface area (Å²) in [5.74, 6) is 0.855. The molecule has 2 unspecified atom stereocenters. The number of rotatable bonds is 3. The van der Waals surface area contributed by atoms with Crippen molar-refractivity contribution in [1.29, 1.82) is 0 Å². The third-order valence-electron chi connectivity index (χ3n) is 4.24. The molecule has 2 aliphatic heterocycles. The molecular formula is C15H19NO. The number of benzene rings is 1. The van der Waals surface area contributed by atoms with Gasteiger partial charge in [0.25, 0.3) is 0 Å². The molecule has 2 bridgehead atoms. The maximum atomic E-state index is 11.6. The van der Waals surface area contributed by atoms with Gasteiger partial charge in [-0.1, -0.05) is 30.3 Å². The third-order valence-corrected chi connectivity index (χ3v) is 4.24. The van der Waals surface area contributed by atoms with E-state index in [2.05, 4.69) is 35.2 Å². The van der Waals surface area contributed by atoms with Gasteiger partial charge in [-0.25, -0.2) is 0 Å². The highest BCUT2D eigenvalue weighted by Crippen LogP contribution is 2.32. The summed E-state index contributed by atoms with van der Waals surface area (Å²) >= 11 is 0. The number of ketones is 1. The second kappa shape index (κ2) is 4.61. The summed E-state index contributed by atoms with van der Waals surface area (Å²) in [6.45, 7) is 2.12. The lowest BCUT2D eigenvalue weighted by atomic mass is 9.79. The van der Waals surface area contributed by atoms with Gasteiger partial charge in [-0.3, -0.25) is 9.69 Å². The molecule has 0 N–H and O–H groups in total. The van der Waals surface area contributed by atoms with E-state index >= 15 is 0 Å². The van der Waals surface area contributed by atoms with Crippen LogP contribution in [0.25, 0.3) is 0 Å². The first-order chi connectivity index (χ1) is 8.33. The average molecular weight is 229 g/mol. The molecule has 0 amide bonds. The van der Waals surface area contributed by atoms with E-state index in [1.165, 1.54) is 12.0 Å². The number of carbonyl (C=O) groups is 1. The molecule has 1 aromatic rings. The number of hydrogen-bond acceptors (Lipinski definition) is 2. The molecule has 1 saturated carbocycles. The number of nitrogens with zero attached hydrogens (tertiary/aromatic N) is 1. The van der Waals surface area contributed by atoms with Crippen LogP contribution in [0.5, 0.6) is 0 Å². The van der Waals surface area contributed by atoms with Gasteiger partial charge >= 0.3 is 0 Å². The van der Waals surface area contributed by atoms with Crippen molar-refractivity contribution in [3.63, 3.8) is 0 Å². The molecule has 2 saturated heterocycles. The lowest BCUT2D eigenvalue weighted by Gasteiger charge is -2.44. The molecular weight excluding hydrogens is 210 g/mol. The minimum atomic E-state index is 0.343. The Morgan fingerprint density at radius 2 is 2.00 bits per heavy atom. The Morgan fingerprint density at radius 1 is 1.18 bits per heavy atom. The normalized spacial score (nSPS) is 28.6. The molecule has 3 aliphatic rings. The Morgan fingerprint density at radius 3 is 2.65 bits per heavy atom. The zero-order valence-electron chi connectivity index (χ0n) is 10.1. The summed E-state index contributed by atoms with van der Waals surface area (Å²) < 4.78 is 0. The standard InChI is InChI=1S/C15H19NO/c17-15-10-14-7-6-13(15)11-16(14)9-8-12-4-2-1-3-5-12/h1-5,13-14H,6-11H2. The summed E-state index contributed by atoms with van der Waals surface area (Å²) in [6.07, 6.45) is 4.27. The van der Waals surface area contributed by atoms with Crippen molar-refractivity contribution in [3.05, 3.63) is 35.9 Å². The van der Waals surface area contributed by atoms with Crippen molar-refractivity contribution in [3.8, 4) is 0 Å². The van der Waals surface area contributed by atoms with Crippen LogP contribution in [0.3, 0.4) is 0 Å². The summed E-state index contributed by atoms with van der Waals surface area (Å²) in [7, 11) is 0. The molecule has 0 aromatic heterocycles. The van der Waals surface area contributed by atoms with Crippen LogP contribution in [0.1, 0.15) is 24.8 Å². The van der Waals surface area contributed by atoms with E-state index in [9.17, 15) is 4.79 Å². The molecule has 0 radical (unpaired) electrons. The summed E-state index contributed by atoms with van der Waals surface area (Å²) in [5, 5.41) is 0. The number of hydrogen-bond donors (Lipinski definition) is 0. The highest BCUT2D eigenvalue weighted by molar-refractivity contribution is 5.83. The second-order valence-corrected chi connectivity index (χ2v) is 5.33. The smallest absolute Gasteiger partial charge is 0.138 e. The lowest BCUT2D eigenvalue weighted by molar-refractivity contribution is -0.132. The van der Waals surface area contributed by atoms with Crippen LogP contribution in [0, 0.1) is 5.92 Å². The van der Waals surface area contributed by atoms with Crippen LogP contribution in [-0.4, -0.2) is 29.8 Å². The Bertz CT molecular complexity index is 401. The van der Waals surface area contributed by atoms with Crippen LogP contribution in [0.15, 0.2) is 30.3 Å². The van der Waals surface area contributed by atoms with Gasteiger partial charge in [0.2, 0.25) is 0 Å². The van der Waals surface area contributed by atoms with Crippen LogP contribution >= 0.6 is 0 Å². The average Bonchev–Trinajstić information content (AvgIpc) is 2.39. The van der Waals surface area contributed by atoms with E-state index in [1.807, 2.05) is 0 Å². The van der Waals surface area contributed by atoms with Gasteiger partial charge in [-0.15, -0.1) is 0 Å². The fourth-order valence-electron chi connectivity index (χ4n) is 3.18. The molecule has 2 heteroatoms.